The van der Waals surface area contributed by atoms with E-state index in [2.05, 4.69) is 98.9 Å². The number of nitrogens with zero attached hydrogens (tertiary/aromatic N) is 1. The number of hydrogen-bond donors (Lipinski definition) is 0. The van der Waals surface area contributed by atoms with Crippen molar-refractivity contribution >= 4 is 19.8 Å². The van der Waals surface area contributed by atoms with Crippen LogP contribution in [0.1, 0.15) is 418 Å². The maximum absolute atomic E-state index is 12.9. The van der Waals surface area contributed by atoms with Crippen molar-refractivity contribution in [3.8, 4) is 0 Å². The molecule has 10 heteroatoms. The molecule has 0 aliphatic heterocycles. The van der Waals surface area contributed by atoms with Crippen LogP contribution in [0, 0.1) is 0 Å². The number of carbonyl (C=O) groups excluding carboxylic acids is 2. The summed E-state index contributed by atoms with van der Waals surface area (Å²) >= 11 is 0. The highest BCUT2D eigenvalue weighted by Crippen LogP contribution is 2.38. The standard InChI is InChI=1S/C89H164NO8P/c1-6-8-10-12-14-16-18-20-22-24-26-28-30-32-34-36-38-40-42-43-44-45-46-47-48-50-52-54-56-58-60-62-64-66-68-70-72-74-76-78-80-82-89(92)98-87(86-97-99(93,94)96-84-83-90(3,4)5)85-95-88(91)81-79-77-75-73-71-69-67-65-63-61-59-57-55-53-51-49-41-39-37-35-33-31-29-27-25-23-21-19-17-15-13-11-9-7-2/h8,10,14,16,20,22,26,28,32,34,38,40,43-44,87H,6-7,9,11-13,15,17-19,21,23-25,27,29-31,33,35-37,39,41-42,45-86H2,1-5H3/b10-8-,16-14-,22-20-,28-26-,34-32-,40-38-,44-43-. The Morgan fingerprint density at radius 3 is 0.859 bits per heavy atom. The molecule has 0 aliphatic carbocycles. The molecule has 2 unspecified atom stereocenters. The van der Waals surface area contributed by atoms with Crippen molar-refractivity contribution < 1.29 is 42.1 Å². The number of quaternary nitrogens is 1. The Morgan fingerprint density at radius 1 is 0.323 bits per heavy atom. The Hall–Kier alpha value is -2.81. The number of ether oxygens (including phenoxy) is 2. The smallest absolute Gasteiger partial charge is 0.306 e. The highest BCUT2D eigenvalue weighted by atomic mass is 31.2. The first-order valence-electron chi connectivity index (χ1n) is 42.8. The van der Waals surface area contributed by atoms with E-state index in [0.29, 0.717) is 17.4 Å². The lowest BCUT2D eigenvalue weighted by Gasteiger charge is -2.28. The van der Waals surface area contributed by atoms with E-state index in [4.69, 9.17) is 18.5 Å². The minimum atomic E-state index is -4.65. The average Bonchev–Trinajstić information content (AvgIpc) is 0.987. The van der Waals surface area contributed by atoms with Gasteiger partial charge in [-0.15, -0.1) is 0 Å². The van der Waals surface area contributed by atoms with Gasteiger partial charge in [0.2, 0.25) is 0 Å². The molecule has 99 heavy (non-hydrogen) atoms. The molecule has 0 aliphatic rings. The lowest BCUT2D eigenvalue weighted by molar-refractivity contribution is -0.870. The van der Waals surface area contributed by atoms with Crippen LogP contribution < -0.4 is 4.89 Å². The second-order valence-electron chi connectivity index (χ2n) is 30.2. The van der Waals surface area contributed by atoms with Gasteiger partial charge in [0, 0.05) is 12.8 Å². The van der Waals surface area contributed by atoms with E-state index in [9.17, 15) is 19.0 Å². The van der Waals surface area contributed by atoms with E-state index in [1.54, 1.807) is 0 Å². The van der Waals surface area contributed by atoms with Crippen LogP contribution >= 0.6 is 7.82 Å². The van der Waals surface area contributed by atoms with Crippen LogP contribution in [0.25, 0.3) is 0 Å². The minimum absolute atomic E-state index is 0.0294. The van der Waals surface area contributed by atoms with Gasteiger partial charge in [0.05, 0.1) is 27.7 Å². The van der Waals surface area contributed by atoms with Gasteiger partial charge < -0.3 is 27.9 Å². The van der Waals surface area contributed by atoms with E-state index in [-0.39, 0.29) is 32.0 Å². The zero-order valence-electron chi connectivity index (χ0n) is 66.2. The van der Waals surface area contributed by atoms with Gasteiger partial charge in [-0.1, -0.05) is 420 Å². The molecule has 0 saturated carbocycles. The van der Waals surface area contributed by atoms with Gasteiger partial charge in [0.25, 0.3) is 7.82 Å². The number of phosphoric acid groups is 1. The average molecular weight is 1410 g/mol. The predicted molar refractivity (Wildman–Crippen MR) is 429 cm³/mol. The van der Waals surface area contributed by atoms with Crippen molar-refractivity contribution in [3.63, 3.8) is 0 Å². The summed E-state index contributed by atoms with van der Waals surface area (Å²) in [6, 6.07) is 0. The summed E-state index contributed by atoms with van der Waals surface area (Å²) in [5, 5.41) is 0. The van der Waals surface area contributed by atoms with Gasteiger partial charge in [-0.05, 0) is 70.6 Å². The molecule has 0 spiro atoms. The summed E-state index contributed by atoms with van der Waals surface area (Å²) in [5.41, 5.74) is 0. The number of hydrogen-bond acceptors (Lipinski definition) is 8. The first kappa shape index (κ1) is 96.2. The molecule has 0 heterocycles. The molecule has 2 atom stereocenters. The Kier molecular flexibility index (Phi) is 77.1. The lowest BCUT2D eigenvalue weighted by Crippen LogP contribution is -2.37. The number of phosphoric ester groups is 1. The molecule has 0 aromatic rings. The largest absolute Gasteiger partial charge is 0.756 e. The first-order valence-corrected chi connectivity index (χ1v) is 44.3. The molecule has 0 saturated heterocycles. The molecule has 0 bridgehead atoms. The highest BCUT2D eigenvalue weighted by Gasteiger charge is 2.22. The van der Waals surface area contributed by atoms with Gasteiger partial charge in [-0.25, -0.2) is 0 Å². The molecular formula is C89H164NO8P. The van der Waals surface area contributed by atoms with Gasteiger partial charge in [-0.3, -0.25) is 14.2 Å². The minimum Gasteiger partial charge on any atom is -0.756 e. The normalized spacial score (nSPS) is 13.4. The fraction of sp³-hybridized carbons (Fsp3) is 0.820. The van der Waals surface area contributed by atoms with Crippen LogP contribution in [-0.2, 0) is 32.7 Å². The van der Waals surface area contributed by atoms with Gasteiger partial charge >= 0.3 is 11.9 Å². The summed E-state index contributed by atoms with van der Waals surface area (Å²) in [6.45, 7) is 4.20. The van der Waals surface area contributed by atoms with Crippen LogP contribution in [0.4, 0.5) is 0 Å². The molecule has 9 nitrogen and oxygen atoms in total. The number of likely N-dealkylation sites (N-methyl/N-ethyl adjacent to an activating group) is 1. The molecule has 0 N–H and O–H groups in total. The quantitative estimate of drug-likeness (QED) is 0.0195. The van der Waals surface area contributed by atoms with Crippen LogP contribution in [0.3, 0.4) is 0 Å². The summed E-state index contributed by atoms with van der Waals surface area (Å²) in [6.07, 6.45) is 110. The van der Waals surface area contributed by atoms with Gasteiger partial charge in [0.1, 0.15) is 19.8 Å². The molecule has 0 fully saturated rings. The van der Waals surface area contributed by atoms with Crippen LogP contribution in [0.5, 0.6) is 0 Å². The van der Waals surface area contributed by atoms with Crippen molar-refractivity contribution in [2.45, 2.75) is 424 Å². The summed E-state index contributed by atoms with van der Waals surface area (Å²) in [4.78, 5) is 38.2. The summed E-state index contributed by atoms with van der Waals surface area (Å²) in [5.74, 6) is -0.811. The zero-order valence-corrected chi connectivity index (χ0v) is 67.1. The molecule has 0 aromatic carbocycles. The topological polar surface area (TPSA) is 111 Å². The van der Waals surface area contributed by atoms with Crippen molar-refractivity contribution in [1.29, 1.82) is 0 Å². The second-order valence-corrected chi connectivity index (χ2v) is 31.6. The van der Waals surface area contributed by atoms with Crippen LogP contribution in [0.2, 0.25) is 0 Å². The van der Waals surface area contributed by atoms with Crippen LogP contribution in [-0.4, -0.2) is 70.0 Å². The fourth-order valence-electron chi connectivity index (χ4n) is 12.7. The summed E-state index contributed by atoms with van der Waals surface area (Å²) < 4.78 is 34.5. The fourth-order valence-corrected chi connectivity index (χ4v) is 13.4. The third-order valence-electron chi connectivity index (χ3n) is 19.2. The summed E-state index contributed by atoms with van der Waals surface area (Å²) in [7, 11) is 1.19. The van der Waals surface area contributed by atoms with Crippen LogP contribution in [0.15, 0.2) is 85.1 Å². The van der Waals surface area contributed by atoms with E-state index in [1.807, 2.05) is 21.1 Å². The van der Waals surface area contributed by atoms with E-state index < -0.39 is 26.5 Å². The predicted octanol–water partition coefficient (Wildman–Crippen LogP) is 28.2. The number of esters is 2. The highest BCUT2D eigenvalue weighted by molar-refractivity contribution is 7.45. The Balaban J connectivity index is 3.90. The van der Waals surface area contributed by atoms with Crippen molar-refractivity contribution in [2.75, 3.05) is 47.5 Å². The molecular weight excluding hydrogens is 1240 g/mol. The monoisotopic (exact) mass is 1410 g/mol. The number of carbonyl (C=O) groups is 2. The third-order valence-corrected chi connectivity index (χ3v) is 20.1. The van der Waals surface area contributed by atoms with Gasteiger partial charge in [0.15, 0.2) is 6.10 Å². The molecule has 0 rings (SSSR count). The molecule has 0 aromatic heterocycles. The molecule has 578 valence electrons. The van der Waals surface area contributed by atoms with E-state index in [1.165, 1.54) is 302 Å². The Labute approximate surface area is 615 Å². The lowest BCUT2D eigenvalue weighted by atomic mass is 10.0. The van der Waals surface area contributed by atoms with Gasteiger partial charge in [-0.2, -0.15) is 0 Å². The number of allylic oxidation sites excluding steroid dienone is 14. The molecule has 0 amide bonds. The number of rotatable bonds is 80. The SMILES string of the molecule is CC/C=C\C/C=C\C/C=C\C/C=C\C/C=C\C/C=C\C/C=C\CCCCCCCCCCCCCCCCCCCCCC(=O)OC(COC(=O)CCCCCCCCCCCCCCCCCCCCCCCCCCCCCCCCCCCC)COP(=O)([O-])OCC[N+](C)(C)C. The van der Waals surface area contributed by atoms with E-state index >= 15 is 0 Å². The third kappa shape index (κ3) is 84.0. The Bertz CT molecular complexity index is 1950. The van der Waals surface area contributed by atoms with E-state index in [0.717, 1.165) is 83.5 Å². The van der Waals surface area contributed by atoms with Crippen molar-refractivity contribution in [2.24, 2.45) is 0 Å². The maximum atomic E-state index is 12.9. The maximum Gasteiger partial charge on any atom is 0.306 e. The molecule has 0 radical (unpaired) electrons. The Morgan fingerprint density at radius 2 is 0.576 bits per heavy atom. The zero-order chi connectivity index (χ0) is 71.8. The second kappa shape index (κ2) is 79.3. The van der Waals surface area contributed by atoms with Crippen molar-refractivity contribution in [3.05, 3.63) is 85.1 Å². The first-order chi connectivity index (χ1) is 48.5. The number of unbranched alkanes of at least 4 members (excludes halogenated alkanes) is 52. The van der Waals surface area contributed by atoms with Crippen molar-refractivity contribution in [1.82, 2.24) is 0 Å².